The zero-order valence-electron chi connectivity index (χ0n) is 16.1. The molecule has 0 bridgehead atoms. The first-order valence-corrected chi connectivity index (χ1v) is 12.0. The number of amides is 1. The summed E-state index contributed by atoms with van der Waals surface area (Å²) >= 11 is 6.66. The third kappa shape index (κ3) is 5.56. The van der Waals surface area contributed by atoms with Crippen LogP contribution in [0.1, 0.15) is 13.8 Å². The zero-order valence-corrected chi connectivity index (χ0v) is 19.3. The average molecular weight is 478 g/mol. The maximum Gasteiger partial charge on any atom is 0.239 e. The van der Waals surface area contributed by atoms with Gasteiger partial charge in [-0.1, -0.05) is 59.3 Å². The maximum atomic E-state index is 13.1. The zero-order chi connectivity index (χ0) is 19.9. The minimum Gasteiger partial charge on any atom is -0.302 e. The number of carbonyl (C=O) groups is 1. The van der Waals surface area contributed by atoms with Gasteiger partial charge in [0.05, 0.1) is 16.0 Å². The largest absolute Gasteiger partial charge is 0.302 e. The molecular weight excluding hydrogens is 454 g/mol. The standard InChI is InChI=1S/C21H24BrN3OS2/c1-3-24(4-2)12-13-25(20(26)15-27-17-8-6-5-7-9-17)21-23-18-11-10-16(22)14-19(18)28-21/h5-11,14H,3-4,12-13,15H2,1-2H3. The third-order valence-electron chi connectivity index (χ3n) is 4.51. The lowest BCUT2D eigenvalue weighted by Crippen LogP contribution is -2.39. The monoisotopic (exact) mass is 477 g/mol. The summed E-state index contributed by atoms with van der Waals surface area (Å²) in [6.07, 6.45) is 0. The highest BCUT2D eigenvalue weighted by atomic mass is 79.9. The van der Waals surface area contributed by atoms with E-state index in [1.807, 2.05) is 47.4 Å². The number of halogens is 1. The summed E-state index contributed by atoms with van der Waals surface area (Å²) < 4.78 is 2.11. The number of thiazole rings is 1. The highest BCUT2D eigenvalue weighted by Gasteiger charge is 2.20. The van der Waals surface area contributed by atoms with E-state index in [9.17, 15) is 4.79 Å². The number of rotatable bonds is 9. The summed E-state index contributed by atoms with van der Waals surface area (Å²) in [5, 5.41) is 0.777. The summed E-state index contributed by atoms with van der Waals surface area (Å²) in [6.45, 7) is 7.74. The van der Waals surface area contributed by atoms with Crippen molar-refractivity contribution in [2.24, 2.45) is 0 Å². The van der Waals surface area contributed by atoms with Crippen molar-refractivity contribution < 1.29 is 4.79 Å². The van der Waals surface area contributed by atoms with Crippen LogP contribution in [0.15, 0.2) is 57.9 Å². The van der Waals surface area contributed by atoms with Crippen LogP contribution in [-0.2, 0) is 4.79 Å². The second-order valence-corrected chi connectivity index (χ2v) is 9.26. The summed E-state index contributed by atoms with van der Waals surface area (Å²) in [4.78, 5) is 23.1. The number of likely N-dealkylation sites (N-methyl/N-ethyl adjacent to an activating group) is 1. The van der Waals surface area contributed by atoms with E-state index in [1.54, 1.807) is 23.1 Å². The van der Waals surface area contributed by atoms with Crippen LogP contribution >= 0.6 is 39.0 Å². The number of hydrogen-bond acceptors (Lipinski definition) is 5. The van der Waals surface area contributed by atoms with E-state index in [0.29, 0.717) is 12.3 Å². The molecule has 3 rings (SSSR count). The summed E-state index contributed by atoms with van der Waals surface area (Å²) in [5.41, 5.74) is 0.930. The van der Waals surface area contributed by atoms with Gasteiger partial charge in [0.25, 0.3) is 0 Å². The molecule has 1 amide bonds. The van der Waals surface area contributed by atoms with E-state index in [-0.39, 0.29) is 5.91 Å². The number of carbonyl (C=O) groups excluding carboxylic acids is 1. The van der Waals surface area contributed by atoms with Crippen molar-refractivity contribution in [2.75, 3.05) is 36.8 Å². The lowest BCUT2D eigenvalue weighted by molar-refractivity contribution is -0.116. The molecule has 0 unspecified atom stereocenters. The fraction of sp³-hybridized carbons (Fsp3) is 0.333. The summed E-state index contributed by atoms with van der Waals surface area (Å²) in [5.74, 6) is 0.501. The molecule has 0 N–H and O–H groups in total. The van der Waals surface area contributed by atoms with E-state index in [0.717, 1.165) is 44.4 Å². The maximum absolute atomic E-state index is 13.1. The van der Waals surface area contributed by atoms with Gasteiger partial charge in [0, 0.05) is 22.5 Å². The van der Waals surface area contributed by atoms with Crippen LogP contribution < -0.4 is 4.90 Å². The molecule has 0 aliphatic carbocycles. The van der Waals surface area contributed by atoms with Gasteiger partial charge in [-0.3, -0.25) is 9.69 Å². The molecule has 1 aromatic heterocycles. The van der Waals surface area contributed by atoms with Crippen LogP contribution in [0.5, 0.6) is 0 Å². The van der Waals surface area contributed by atoms with Crippen molar-refractivity contribution >= 4 is 60.3 Å². The second-order valence-electron chi connectivity index (χ2n) is 6.28. The van der Waals surface area contributed by atoms with Crippen molar-refractivity contribution in [1.82, 2.24) is 9.88 Å². The van der Waals surface area contributed by atoms with Crippen molar-refractivity contribution in [2.45, 2.75) is 18.7 Å². The minimum atomic E-state index is 0.0964. The van der Waals surface area contributed by atoms with Gasteiger partial charge < -0.3 is 4.90 Å². The van der Waals surface area contributed by atoms with Gasteiger partial charge in [0.2, 0.25) is 5.91 Å². The SMILES string of the molecule is CCN(CC)CCN(C(=O)CSc1ccccc1)c1nc2ccc(Br)cc2s1. The van der Waals surface area contributed by atoms with Gasteiger partial charge in [-0.25, -0.2) is 4.98 Å². The lowest BCUT2D eigenvalue weighted by Gasteiger charge is -2.24. The van der Waals surface area contributed by atoms with Crippen molar-refractivity contribution in [3.8, 4) is 0 Å². The molecule has 2 aromatic carbocycles. The fourth-order valence-corrected chi connectivity index (χ4v) is 5.21. The van der Waals surface area contributed by atoms with Crippen LogP contribution in [0.2, 0.25) is 0 Å². The number of anilines is 1. The summed E-state index contributed by atoms with van der Waals surface area (Å²) in [6, 6.07) is 16.1. The molecule has 0 spiro atoms. The molecular formula is C21H24BrN3OS2. The van der Waals surface area contributed by atoms with Crippen molar-refractivity contribution in [1.29, 1.82) is 0 Å². The molecule has 0 radical (unpaired) electrons. The number of benzene rings is 2. The summed E-state index contributed by atoms with van der Waals surface area (Å²) in [7, 11) is 0. The van der Waals surface area contributed by atoms with Crippen LogP contribution in [0.25, 0.3) is 10.2 Å². The Hall–Kier alpha value is -1.41. The first kappa shape index (κ1) is 21.3. The minimum absolute atomic E-state index is 0.0964. The Morgan fingerprint density at radius 2 is 1.86 bits per heavy atom. The van der Waals surface area contributed by atoms with Crippen molar-refractivity contribution in [3.63, 3.8) is 0 Å². The molecule has 3 aromatic rings. The third-order valence-corrected chi connectivity index (χ3v) is 7.04. The molecule has 0 atom stereocenters. The predicted octanol–water partition coefficient (Wildman–Crippen LogP) is 5.53. The number of hydrogen-bond donors (Lipinski definition) is 0. The van der Waals surface area contributed by atoms with Crippen LogP contribution in [0.4, 0.5) is 5.13 Å². The molecule has 0 fully saturated rings. The van der Waals surface area contributed by atoms with E-state index in [1.165, 1.54) is 0 Å². The molecule has 0 saturated heterocycles. The normalized spacial score (nSPS) is 11.3. The molecule has 0 saturated carbocycles. The topological polar surface area (TPSA) is 36.4 Å². The Morgan fingerprint density at radius 3 is 2.57 bits per heavy atom. The van der Waals surface area contributed by atoms with Crippen LogP contribution in [-0.4, -0.2) is 47.7 Å². The molecule has 148 valence electrons. The molecule has 7 heteroatoms. The smallest absolute Gasteiger partial charge is 0.239 e. The van der Waals surface area contributed by atoms with Crippen LogP contribution in [0, 0.1) is 0 Å². The predicted molar refractivity (Wildman–Crippen MR) is 125 cm³/mol. The second kappa shape index (κ2) is 10.4. The quantitative estimate of drug-likeness (QED) is 0.379. The first-order valence-electron chi connectivity index (χ1n) is 9.37. The molecule has 4 nitrogen and oxygen atoms in total. The highest BCUT2D eigenvalue weighted by molar-refractivity contribution is 9.10. The molecule has 1 heterocycles. The van der Waals surface area contributed by atoms with Gasteiger partial charge >= 0.3 is 0 Å². The van der Waals surface area contributed by atoms with E-state index >= 15 is 0 Å². The Morgan fingerprint density at radius 1 is 1.11 bits per heavy atom. The number of aromatic nitrogens is 1. The Kier molecular flexibility index (Phi) is 7.91. The number of nitrogens with zero attached hydrogens (tertiary/aromatic N) is 3. The van der Waals surface area contributed by atoms with E-state index < -0.39 is 0 Å². The van der Waals surface area contributed by atoms with E-state index in [2.05, 4.69) is 40.7 Å². The lowest BCUT2D eigenvalue weighted by atomic mass is 10.3. The number of thioether (sulfide) groups is 1. The van der Waals surface area contributed by atoms with Gasteiger partial charge in [0.15, 0.2) is 5.13 Å². The Bertz CT molecular complexity index is 912. The fourth-order valence-electron chi connectivity index (χ4n) is 2.85. The molecule has 0 aliphatic heterocycles. The van der Waals surface area contributed by atoms with Crippen molar-refractivity contribution in [3.05, 3.63) is 53.0 Å². The van der Waals surface area contributed by atoms with Gasteiger partial charge in [-0.15, -0.1) is 11.8 Å². The highest BCUT2D eigenvalue weighted by Crippen LogP contribution is 2.31. The molecule has 28 heavy (non-hydrogen) atoms. The first-order chi connectivity index (χ1) is 13.6. The Balaban J connectivity index is 1.79. The average Bonchev–Trinajstić information content (AvgIpc) is 3.13. The van der Waals surface area contributed by atoms with Crippen LogP contribution in [0.3, 0.4) is 0 Å². The number of fused-ring (bicyclic) bond motifs is 1. The van der Waals surface area contributed by atoms with Gasteiger partial charge in [-0.05, 0) is 43.4 Å². The van der Waals surface area contributed by atoms with Gasteiger partial charge in [-0.2, -0.15) is 0 Å². The Labute approximate surface area is 183 Å². The van der Waals surface area contributed by atoms with E-state index in [4.69, 9.17) is 4.98 Å². The van der Waals surface area contributed by atoms with Gasteiger partial charge in [0.1, 0.15) is 0 Å². The molecule has 0 aliphatic rings.